The van der Waals surface area contributed by atoms with Crippen LogP contribution in [0.3, 0.4) is 0 Å². The Morgan fingerprint density at radius 2 is 2.33 bits per heavy atom. The molecule has 2 aromatic heterocycles. The van der Waals surface area contributed by atoms with E-state index < -0.39 is 0 Å². The van der Waals surface area contributed by atoms with Gasteiger partial charge in [-0.05, 0) is 12.5 Å². The number of fused-ring (bicyclic) bond motifs is 1. The number of hydrogen-bond acceptors (Lipinski definition) is 4. The van der Waals surface area contributed by atoms with E-state index in [2.05, 4.69) is 20.4 Å². The second kappa shape index (κ2) is 2.46. The number of anilines is 1. The molecule has 0 saturated heterocycles. The van der Waals surface area contributed by atoms with Crippen LogP contribution in [-0.4, -0.2) is 15.0 Å². The Hall–Kier alpha value is -1.62. The van der Waals surface area contributed by atoms with Crippen molar-refractivity contribution in [2.75, 3.05) is 5.43 Å². The molecule has 0 bridgehead atoms. The molecule has 0 aliphatic heterocycles. The average molecular weight is 163 g/mol. The van der Waals surface area contributed by atoms with Crippen molar-refractivity contribution >= 4 is 16.9 Å². The zero-order chi connectivity index (χ0) is 8.55. The van der Waals surface area contributed by atoms with Crippen LogP contribution in [-0.2, 0) is 0 Å². The van der Waals surface area contributed by atoms with Crippen molar-refractivity contribution in [1.82, 2.24) is 15.0 Å². The first-order chi connectivity index (χ1) is 5.83. The normalized spacial score (nSPS) is 10.5. The van der Waals surface area contributed by atoms with E-state index in [4.69, 9.17) is 5.84 Å². The van der Waals surface area contributed by atoms with Crippen molar-refractivity contribution in [3.8, 4) is 0 Å². The van der Waals surface area contributed by atoms with E-state index in [1.807, 2.05) is 6.92 Å². The molecule has 0 fully saturated rings. The minimum atomic E-state index is 0.619. The summed E-state index contributed by atoms with van der Waals surface area (Å²) in [6.45, 7) is 1.95. The predicted octanol–water partition coefficient (Wildman–Crippen LogP) is 0.552. The molecule has 0 saturated carbocycles. The maximum Gasteiger partial charge on any atom is 0.166 e. The number of aryl methyl sites for hydroxylation is 1. The molecule has 4 N–H and O–H groups in total. The smallest absolute Gasteiger partial charge is 0.166 e. The van der Waals surface area contributed by atoms with Gasteiger partial charge in [0.1, 0.15) is 5.52 Å². The lowest BCUT2D eigenvalue weighted by atomic mass is 10.2. The van der Waals surface area contributed by atoms with E-state index in [0.717, 1.165) is 16.6 Å². The minimum absolute atomic E-state index is 0.619. The number of H-pyrrole nitrogens is 1. The van der Waals surface area contributed by atoms with E-state index in [9.17, 15) is 0 Å². The molecule has 0 amide bonds. The first-order valence-electron chi connectivity index (χ1n) is 3.58. The Bertz CT molecular complexity index is 405. The number of nitrogens with zero attached hydrogens (tertiary/aromatic N) is 2. The van der Waals surface area contributed by atoms with Gasteiger partial charge in [0.25, 0.3) is 0 Å². The number of hydrogen-bond donors (Lipinski definition) is 3. The van der Waals surface area contributed by atoms with Crippen LogP contribution in [0.15, 0.2) is 12.5 Å². The molecule has 0 radical (unpaired) electrons. The lowest BCUT2D eigenvalue weighted by molar-refractivity contribution is 1.22. The number of nitrogens with two attached hydrogens (primary N) is 1. The Labute approximate surface area is 69.0 Å². The molecule has 0 unspecified atom stereocenters. The molecular formula is C7H9N5. The summed E-state index contributed by atoms with van der Waals surface area (Å²) < 4.78 is 0. The standard InChI is InChI=1S/C7H9N5/c1-4-2-9-7(12-8)6-5(4)10-3-11-6/h2-3H,8H2,1H3,(H,9,12)(H,10,11). The zero-order valence-electron chi connectivity index (χ0n) is 6.63. The highest BCUT2D eigenvalue weighted by atomic mass is 15.3. The first kappa shape index (κ1) is 7.05. The topological polar surface area (TPSA) is 79.6 Å². The van der Waals surface area contributed by atoms with Crippen molar-refractivity contribution < 1.29 is 0 Å². The van der Waals surface area contributed by atoms with E-state index in [1.54, 1.807) is 12.5 Å². The van der Waals surface area contributed by atoms with Crippen LogP contribution >= 0.6 is 0 Å². The summed E-state index contributed by atoms with van der Waals surface area (Å²) in [4.78, 5) is 11.2. The third kappa shape index (κ3) is 0.835. The summed E-state index contributed by atoms with van der Waals surface area (Å²) in [7, 11) is 0. The monoisotopic (exact) mass is 163 g/mol. The Morgan fingerprint density at radius 1 is 1.50 bits per heavy atom. The van der Waals surface area contributed by atoms with Crippen molar-refractivity contribution in [2.24, 2.45) is 5.84 Å². The number of pyridine rings is 1. The maximum absolute atomic E-state index is 5.26. The third-order valence-corrected chi connectivity index (χ3v) is 1.77. The molecule has 2 aromatic rings. The highest BCUT2D eigenvalue weighted by molar-refractivity contribution is 5.87. The van der Waals surface area contributed by atoms with Gasteiger partial charge in [-0.1, -0.05) is 0 Å². The van der Waals surface area contributed by atoms with E-state index >= 15 is 0 Å². The van der Waals surface area contributed by atoms with Gasteiger partial charge in [0, 0.05) is 6.20 Å². The highest BCUT2D eigenvalue weighted by Crippen LogP contribution is 2.18. The van der Waals surface area contributed by atoms with E-state index in [1.165, 1.54) is 0 Å². The fourth-order valence-electron chi connectivity index (χ4n) is 1.17. The number of aromatic nitrogens is 3. The van der Waals surface area contributed by atoms with Gasteiger partial charge in [-0.25, -0.2) is 15.8 Å². The molecule has 0 aliphatic carbocycles. The van der Waals surface area contributed by atoms with Gasteiger partial charge in [0.2, 0.25) is 0 Å². The largest absolute Gasteiger partial charge is 0.342 e. The fraction of sp³-hybridized carbons (Fsp3) is 0.143. The molecule has 0 spiro atoms. The third-order valence-electron chi connectivity index (χ3n) is 1.77. The average Bonchev–Trinajstić information content (AvgIpc) is 2.54. The summed E-state index contributed by atoms with van der Waals surface area (Å²) in [5.41, 5.74) is 5.28. The van der Waals surface area contributed by atoms with Crippen LogP contribution in [0.2, 0.25) is 0 Å². The molecule has 2 rings (SSSR count). The summed E-state index contributed by atoms with van der Waals surface area (Å²) in [6, 6.07) is 0. The number of nitrogen functional groups attached to an aromatic ring is 1. The second-order valence-electron chi connectivity index (χ2n) is 2.56. The quantitative estimate of drug-likeness (QED) is 0.423. The Morgan fingerprint density at radius 3 is 3.08 bits per heavy atom. The van der Waals surface area contributed by atoms with Gasteiger partial charge >= 0.3 is 0 Å². The number of hydrazine groups is 1. The van der Waals surface area contributed by atoms with Crippen molar-refractivity contribution in [3.63, 3.8) is 0 Å². The number of imidazole rings is 1. The second-order valence-corrected chi connectivity index (χ2v) is 2.56. The maximum atomic E-state index is 5.26. The van der Waals surface area contributed by atoms with Crippen molar-refractivity contribution in [2.45, 2.75) is 6.92 Å². The SMILES string of the molecule is Cc1cnc(NN)c2[nH]cnc12. The lowest BCUT2D eigenvalue weighted by Crippen LogP contribution is -2.09. The van der Waals surface area contributed by atoms with Crippen LogP contribution < -0.4 is 11.3 Å². The first-order valence-corrected chi connectivity index (χ1v) is 3.58. The predicted molar refractivity (Wildman–Crippen MR) is 46.4 cm³/mol. The van der Waals surface area contributed by atoms with Crippen molar-refractivity contribution in [1.29, 1.82) is 0 Å². The van der Waals surface area contributed by atoms with E-state index in [-0.39, 0.29) is 0 Å². The van der Waals surface area contributed by atoms with Crippen LogP contribution in [0.25, 0.3) is 11.0 Å². The number of rotatable bonds is 1. The lowest BCUT2D eigenvalue weighted by Gasteiger charge is -2.00. The van der Waals surface area contributed by atoms with Crippen molar-refractivity contribution in [3.05, 3.63) is 18.1 Å². The summed E-state index contributed by atoms with van der Waals surface area (Å²) in [5, 5.41) is 0. The Kier molecular flexibility index (Phi) is 1.44. The van der Waals surface area contributed by atoms with Crippen LogP contribution in [0.5, 0.6) is 0 Å². The van der Waals surface area contributed by atoms with Crippen LogP contribution in [0.4, 0.5) is 5.82 Å². The Balaban J connectivity index is 2.82. The van der Waals surface area contributed by atoms with Crippen LogP contribution in [0, 0.1) is 6.92 Å². The highest BCUT2D eigenvalue weighted by Gasteiger charge is 2.04. The molecule has 5 nitrogen and oxygen atoms in total. The minimum Gasteiger partial charge on any atom is -0.342 e. The molecule has 0 aromatic carbocycles. The van der Waals surface area contributed by atoms with Gasteiger partial charge < -0.3 is 10.4 Å². The summed E-state index contributed by atoms with van der Waals surface area (Å²) >= 11 is 0. The molecule has 0 aliphatic rings. The molecular weight excluding hydrogens is 154 g/mol. The van der Waals surface area contributed by atoms with Gasteiger partial charge in [-0.3, -0.25) is 0 Å². The molecule has 2 heterocycles. The van der Waals surface area contributed by atoms with Gasteiger partial charge in [-0.15, -0.1) is 0 Å². The molecule has 0 atom stereocenters. The van der Waals surface area contributed by atoms with Gasteiger partial charge in [0.05, 0.1) is 11.8 Å². The molecule has 5 heteroatoms. The van der Waals surface area contributed by atoms with Gasteiger partial charge in [0.15, 0.2) is 5.82 Å². The molecule has 12 heavy (non-hydrogen) atoms. The van der Waals surface area contributed by atoms with Gasteiger partial charge in [-0.2, -0.15) is 0 Å². The summed E-state index contributed by atoms with van der Waals surface area (Å²) in [6.07, 6.45) is 3.36. The number of nitrogens with one attached hydrogen (secondary N) is 2. The van der Waals surface area contributed by atoms with E-state index in [0.29, 0.717) is 5.82 Å². The van der Waals surface area contributed by atoms with Crippen LogP contribution in [0.1, 0.15) is 5.56 Å². The molecule has 62 valence electrons. The summed E-state index contributed by atoms with van der Waals surface area (Å²) in [5.74, 6) is 5.88. The number of aromatic amines is 1. The fourth-order valence-corrected chi connectivity index (χ4v) is 1.17. The zero-order valence-corrected chi connectivity index (χ0v) is 6.63.